The molecule has 1 saturated heterocycles. The molecular formula is C15H22N4O2. The molecule has 1 heterocycles. The minimum absolute atomic E-state index is 0.441. The zero-order valence-electron chi connectivity index (χ0n) is 12.5. The molecule has 1 aromatic rings. The molecule has 0 spiro atoms. The van der Waals surface area contributed by atoms with Crippen molar-refractivity contribution < 1.29 is 9.59 Å². The van der Waals surface area contributed by atoms with Crippen LogP contribution in [-0.2, 0) is 4.79 Å². The second-order valence-electron chi connectivity index (χ2n) is 5.41. The number of nitrogens with zero attached hydrogens (tertiary/aromatic N) is 1. The Morgan fingerprint density at radius 3 is 2.52 bits per heavy atom. The number of nitrogens with two attached hydrogens (primary N) is 1. The summed E-state index contributed by atoms with van der Waals surface area (Å²) in [6, 6.07) is 4.67. The summed E-state index contributed by atoms with van der Waals surface area (Å²) in [6.45, 7) is 5.95. The topological polar surface area (TPSA) is 87.5 Å². The first kappa shape index (κ1) is 15.2. The van der Waals surface area contributed by atoms with Gasteiger partial charge in [0.1, 0.15) is 6.04 Å². The Bertz CT molecular complexity index is 538. The van der Waals surface area contributed by atoms with Gasteiger partial charge in [0.05, 0.1) is 0 Å². The van der Waals surface area contributed by atoms with E-state index in [2.05, 4.69) is 28.5 Å². The molecule has 114 valence electrons. The number of urea groups is 1. The predicted molar refractivity (Wildman–Crippen MR) is 83.4 cm³/mol. The Morgan fingerprint density at radius 2 is 1.95 bits per heavy atom. The van der Waals surface area contributed by atoms with Gasteiger partial charge in [-0.25, -0.2) is 4.79 Å². The molecule has 1 fully saturated rings. The van der Waals surface area contributed by atoms with E-state index in [0.29, 0.717) is 0 Å². The first-order chi connectivity index (χ1) is 9.97. The van der Waals surface area contributed by atoms with Crippen molar-refractivity contribution in [2.45, 2.75) is 32.7 Å². The Balaban J connectivity index is 2.02. The standard InChI is InChI=1S/C15H22N4O2/c1-10-9-12(17-11(2)14(20)18-15(16)21)5-6-13(10)19-7-3-4-8-19/h5-6,9,11,17H,3-4,7-8H2,1-2H3,(H3,16,18,20,21)/t11-/m1/s1. The van der Waals surface area contributed by atoms with E-state index < -0.39 is 18.0 Å². The number of amides is 3. The highest BCUT2D eigenvalue weighted by Crippen LogP contribution is 2.26. The van der Waals surface area contributed by atoms with Crippen molar-refractivity contribution in [3.05, 3.63) is 23.8 Å². The van der Waals surface area contributed by atoms with Crippen LogP contribution in [0.1, 0.15) is 25.3 Å². The van der Waals surface area contributed by atoms with E-state index in [0.717, 1.165) is 18.8 Å². The molecule has 0 aromatic heterocycles. The fraction of sp³-hybridized carbons (Fsp3) is 0.467. The van der Waals surface area contributed by atoms with Crippen LogP contribution in [0.5, 0.6) is 0 Å². The van der Waals surface area contributed by atoms with Gasteiger partial charge in [-0.2, -0.15) is 0 Å². The van der Waals surface area contributed by atoms with Crippen LogP contribution >= 0.6 is 0 Å². The third-order valence-electron chi connectivity index (χ3n) is 3.67. The maximum atomic E-state index is 11.6. The van der Waals surface area contributed by atoms with E-state index in [-0.39, 0.29) is 0 Å². The summed E-state index contributed by atoms with van der Waals surface area (Å²) in [5.74, 6) is -0.441. The maximum Gasteiger partial charge on any atom is 0.318 e. The van der Waals surface area contributed by atoms with Gasteiger partial charge in [-0.1, -0.05) is 0 Å². The predicted octanol–water partition coefficient (Wildman–Crippen LogP) is 1.59. The molecule has 0 bridgehead atoms. The van der Waals surface area contributed by atoms with Gasteiger partial charge in [-0.3, -0.25) is 10.1 Å². The molecule has 1 aromatic carbocycles. The normalized spacial score (nSPS) is 15.6. The molecule has 1 aliphatic heterocycles. The Morgan fingerprint density at radius 1 is 1.29 bits per heavy atom. The summed E-state index contributed by atoms with van der Waals surface area (Å²) < 4.78 is 0. The van der Waals surface area contributed by atoms with Crippen LogP contribution < -0.4 is 21.3 Å². The molecule has 6 nitrogen and oxygen atoms in total. The van der Waals surface area contributed by atoms with Crippen LogP contribution in [0.2, 0.25) is 0 Å². The smallest absolute Gasteiger partial charge is 0.318 e. The molecule has 4 N–H and O–H groups in total. The maximum absolute atomic E-state index is 11.6. The van der Waals surface area contributed by atoms with Crippen LogP contribution in [0.25, 0.3) is 0 Å². The highest BCUT2D eigenvalue weighted by molar-refractivity contribution is 5.97. The van der Waals surface area contributed by atoms with Gasteiger partial charge in [-0.15, -0.1) is 0 Å². The van der Waals surface area contributed by atoms with Gasteiger partial charge in [0, 0.05) is 24.5 Å². The van der Waals surface area contributed by atoms with Crippen LogP contribution in [0.4, 0.5) is 16.2 Å². The van der Waals surface area contributed by atoms with Crippen molar-refractivity contribution in [2.24, 2.45) is 5.73 Å². The number of primary amides is 1. The number of anilines is 2. The summed E-state index contributed by atoms with van der Waals surface area (Å²) in [5.41, 5.74) is 8.20. The van der Waals surface area contributed by atoms with E-state index in [1.54, 1.807) is 6.92 Å². The second kappa shape index (κ2) is 6.47. The lowest BCUT2D eigenvalue weighted by molar-refractivity contribution is -0.120. The molecular weight excluding hydrogens is 268 g/mol. The summed E-state index contributed by atoms with van der Waals surface area (Å²) in [6.07, 6.45) is 2.48. The SMILES string of the molecule is Cc1cc(N[C@H](C)C(=O)NC(N)=O)ccc1N1CCCC1. The second-order valence-corrected chi connectivity index (χ2v) is 5.41. The Hall–Kier alpha value is -2.24. The molecule has 2 rings (SSSR count). The van der Waals surface area contributed by atoms with Crippen molar-refractivity contribution in [1.82, 2.24) is 5.32 Å². The molecule has 1 atom stereocenters. The van der Waals surface area contributed by atoms with Crippen LogP contribution in [-0.4, -0.2) is 31.1 Å². The fourth-order valence-corrected chi connectivity index (χ4v) is 2.60. The monoisotopic (exact) mass is 290 g/mol. The first-order valence-electron chi connectivity index (χ1n) is 7.20. The van der Waals surface area contributed by atoms with Gasteiger partial charge < -0.3 is 16.0 Å². The lowest BCUT2D eigenvalue weighted by Crippen LogP contribution is -2.43. The van der Waals surface area contributed by atoms with Crippen LogP contribution in [0.15, 0.2) is 18.2 Å². The Labute approximate surface area is 124 Å². The first-order valence-corrected chi connectivity index (χ1v) is 7.20. The minimum Gasteiger partial charge on any atom is -0.374 e. The number of hydrogen-bond donors (Lipinski definition) is 3. The molecule has 3 amide bonds. The zero-order valence-corrected chi connectivity index (χ0v) is 12.5. The quantitative estimate of drug-likeness (QED) is 0.786. The lowest BCUT2D eigenvalue weighted by Gasteiger charge is -2.21. The molecule has 0 aliphatic carbocycles. The summed E-state index contributed by atoms with van der Waals surface area (Å²) in [5, 5.41) is 5.13. The lowest BCUT2D eigenvalue weighted by atomic mass is 10.1. The number of aryl methyl sites for hydroxylation is 1. The highest BCUT2D eigenvalue weighted by atomic mass is 16.2. The van der Waals surface area contributed by atoms with Gasteiger partial charge in [0.25, 0.3) is 0 Å². The number of carbonyl (C=O) groups excluding carboxylic acids is 2. The number of rotatable bonds is 4. The Kier molecular flexibility index (Phi) is 4.67. The van der Waals surface area contributed by atoms with Crippen molar-refractivity contribution in [3.8, 4) is 0 Å². The summed E-state index contributed by atoms with van der Waals surface area (Å²) in [7, 11) is 0. The van der Waals surface area contributed by atoms with Crippen molar-refractivity contribution in [2.75, 3.05) is 23.3 Å². The van der Waals surface area contributed by atoms with Crippen LogP contribution in [0, 0.1) is 6.92 Å². The molecule has 0 saturated carbocycles. The summed E-state index contributed by atoms with van der Waals surface area (Å²) >= 11 is 0. The van der Waals surface area contributed by atoms with Crippen molar-refractivity contribution >= 4 is 23.3 Å². The third-order valence-corrected chi connectivity index (χ3v) is 3.67. The van der Waals surface area contributed by atoms with Gasteiger partial charge in [-0.05, 0) is 50.5 Å². The number of carbonyl (C=O) groups is 2. The number of hydrogen-bond acceptors (Lipinski definition) is 4. The van der Waals surface area contributed by atoms with E-state index >= 15 is 0 Å². The van der Waals surface area contributed by atoms with E-state index in [1.165, 1.54) is 24.1 Å². The number of imide groups is 1. The van der Waals surface area contributed by atoms with Gasteiger partial charge in [0.15, 0.2) is 0 Å². The van der Waals surface area contributed by atoms with E-state index in [9.17, 15) is 9.59 Å². The molecule has 21 heavy (non-hydrogen) atoms. The fourth-order valence-electron chi connectivity index (χ4n) is 2.60. The molecule has 0 unspecified atom stereocenters. The molecule has 0 radical (unpaired) electrons. The number of benzene rings is 1. The van der Waals surface area contributed by atoms with Crippen molar-refractivity contribution in [1.29, 1.82) is 0 Å². The highest BCUT2D eigenvalue weighted by Gasteiger charge is 2.16. The average Bonchev–Trinajstić information content (AvgIpc) is 2.91. The average molecular weight is 290 g/mol. The largest absolute Gasteiger partial charge is 0.374 e. The third kappa shape index (κ3) is 3.87. The molecule has 1 aliphatic rings. The van der Waals surface area contributed by atoms with E-state index in [4.69, 9.17) is 5.73 Å². The van der Waals surface area contributed by atoms with Gasteiger partial charge >= 0.3 is 6.03 Å². The van der Waals surface area contributed by atoms with Crippen LogP contribution in [0.3, 0.4) is 0 Å². The number of nitrogens with one attached hydrogen (secondary N) is 2. The molecule has 6 heteroatoms. The minimum atomic E-state index is -0.839. The zero-order chi connectivity index (χ0) is 15.4. The van der Waals surface area contributed by atoms with Crippen molar-refractivity contribution in [3.63, 3.8) is 0 Å². The van der Waals surface area contributed by atoms with Gasteiger partial charge in [0.2, 0.25) is 5.91 Å². The van der Waals surface area contributed by atoms with E-state index in [1.807, 2.05) is 12.1 Å². The summed E-state index contributed by atoms with van der Waals surface area (Å²) in [4.78, 5) is 24.7.